The molecule has 2 rings (SSSR count). The molecule has 0 spiro atoms. The van der Waals surface area contributed by atoms with E-state index in [9.17, 15) is 9.59 Å². The number of nitrogens with one attached hydrogen (secondary N) is 1. The molecule has 3 atom stereocenters. The molecule has 19 heavy (non-hydrogen) atoms. The monoisotopic (exact) mass is 287 g/mol. The molecule has 0 aromatic carbocycles. The number of ether oxygens (including phenoxy) is 1. The van der Waals surface area contributed by atoms with Gasteiger partial charge in [-0.25, -0.2) is 4.79 Å². The van der Waals surface area contributed by atoms with Gasteiger partial charge in [0, 0.05) is 17.5 Å². The molecule has 2 N–H and O–H groups in total. The zero-order valence-corrected chi connectivity index (χ0v) is 10.3. The van der Waals surface area contributed by atoms with Crippen LogP contribution >= 0.6 is 11.6 Å². The Hall–Kier alpha value is -1.80. The predicted molar refractivity (Wildman–Crippen MR) is 64.9 cm³/mol. The number of H-pyrrole nitrogens is 1. The lowest BCUT2D eigenvalue weighted by Crippen LogP contribution is -2.32. The van der Waals surface area contributed by atoms with Crippen molar-refractivity contribution in [3.05, 3.63) is 42.5 Å². The molecular formula is C9H10ClN5O4. The zero-order valence-electron chi connectivity index (χ0n) is 9.56. The Bertz CT molecular complexity index is 634. The summed E-state index contributed by atoms with van der Waals surface area (Å²) in [6.07, 6.45) is -0.0919. The Morgan fingerprint density at radius 3 is 3.05 bits per heavy atom. The smallest absolute Gasteiger partial charge is 0.330 e. The second kappa shape index (κ2) is 5.45. The molecule has 1 aromatic rings. The first-order chi connectivity index (χ1) is 9.06. The van der Waals surface area contributed by atoms with E-state index in [0.717, 1.165) is 10.8 Å². The fraction of sp³-hybridized carbons (Fsp3) is 0.556. The van der Waals surface area contributed by atoms with E-state index in [-0.39, 0.29) is 18.1 Å². The normalized spacial score (nSPS) is 26.1. The summed E-state index contributed by atoms with van der Waals surface area (Å²) in [5.41, 5.74) is 7.04. The van der Waals surface area contributed by atoms with Crippen LogP contribution in [0.3, 0.4) is 0 Å². The molecule has 9 nitrogen and oxygen atoms in total. The minimum absolute atomic E-state index is 0.156. The van der Waals surface area contributed by atoms with Gasteiger partial charge in [-0.3, -0.25) is 14.3 Å². The van der Waals surface area contributed by atoms with Gasteiger partial charge < -0.3 is 9.84 Å². The van der Waals surface area contributed by atoms with Gasteiger partial charge in [0.05, 0.1) is 18.8 Å². The van der Waals surface area contributed by atoms with E-state index in [0.29, 0.717) is 0 Å². The highest BCUT2D eigenvalue weighted by Crippen LogP contribution is 2.29. The lowest BCUT2D eigenvalue weighted by molar-refractivity contribution is -0.0270. The molecule has 10 heteroatoms. The summed E-state index contributed by atoms with van der Waals surface area (Å²) >= 11 is 5.64. The fourth-order valence-corrected chi connectivity index (χ4v) is 2.07. The average Bonchev–Trinajstić information content (AvgIpc) is 2.77. The maximum atomic E-state index is 11.6. The second-order valence-electron chi connectivity index (χ2n) is 3.96. The van der Waals surface area contributed by atoms with Gasteiger partial charge in [0.1, 0.15) is 11.3 Å². The van der Waals surface area contributed by atoms with Crippen LogP contribution in [0.15, 0.2) is 20.9 Å². The van der Waals surface area contributed by atoms with E-state index >= 15 is 0 Å². The third-order valence-corrected chi connectivity index (χ3v) is 3.09. The first kappa shape index (κ1) is 13.6. The average molecular weight is 288 g/mol. The Labute approximate surface area is 111 Å². The fourth-order valence-electron chi connectivity index (χ4n) is 1.91. The van der Waals surface area contributed by atoms with Crippen molar-refractivity contribution in [1.29, 1.82) is 0 Å². The van der Waals surface area contributed by atoms with Gasteiger partial charge in [-0.2, -0.15) is 0 Å². The number of aliphatic hydroxyl groups is 1. The molecule has 1 aliphatic heterocycles. The second-order valence-corrected chi connectivity index (χ2v) is 4.37. The van der Waals surface area contributed by atoms with Gasteiger partial charge in [0.2, 0.25) is 0 Å². The zero-order chi connectivity index (χ0) is 14.0. The molecular weight excluding hydrogens is 278 g/mol. The van der Waals surface area contributed by atoms with E-state index in [1.807, 2.05) is 4.98 Å². The Kier molecular flexibility index (Phi) is 3.91. The molecule has 1 saturated heterocycles. The molecule has 102 valence electrons. The summed E-state index contributed by atoms with van der Waals surface area (Å²) in [5.74, 6) is 0. The molecule has 0 aliphatic carbocycles. The van der Waals surface area contributed by atoms with Crippen LogP contribution in [0.2, 0.25) is 5.02 Å². The topological polar surface area (TPSA) is 133 Å². The molecule has 0 amide bonds. The van der Waals surface area contributed by atoms with Crippen LogP contribution in [0.5, 0.6) is 0 Å². The Balaban J connectivity index is 2.34. The van der Waals surface area contributed by atoms with Crippen LogP contribution in [0.4, 0.5) is 0 Å². The third kappa shape index (κ3) is 2.64. The van der Waals surface area contributed by atoms with Crippen LogP contribution in [0.1, 0.15) is 12.6 Å². The number of aromatic amines is 1. The van der Waals surface area contributed by atoms with E-state index < -0.39 is 29.6 Å². The van der Waals surface area contributed by atoms with E-state index in [1.54, 1.807) is 0 Å². The minimum Gasteiger partial charge on any atom is -0.394 e. The van der Waals surface area contributed by atoms with Crippen molar-refractivity contribution in [2.45, 2.75) is 24.8 Å². The maximum Gasteiger partial charge on any atom is 0.330 e. The van der Waals surface area contributed by atoms with Crippen LogP contribution < -0.4 is 11.2 Å². The number of hydrogen-bond acceptors (Lipinski definition) is 5. The van der Waals surface area contributed by atoms with Gasteiger partial charge in [-0.05, 0) is 5.53 Å². The third-order valence-electron chi connectivity index (χ3n) is 2.82. The summed E-state index contributed by atoms with van der Waals surface area (Å²) in [5, 5.41) is 12.5. The summed E-state index contributed by atoms with van der Waals surface area (Å²) < 4.78 is 6.50. The quantitative estimate of drug-likeness (QED) is 0.465. The summed E-state index contributed by atoms with van der Waals surface area (Å²) in [6, 6.07) is -0.586. The summed E-state index contributed by atoms with van der Waals surface area (Å²) in [7, 11) is 0. The molecule has 0 bridgehead atoms. The highest BCUT2D eigenvalue weighted by molar-refractivity contribution is 6.30. The van der Waals surface area contributed by atoms with Crippen molar-refractivity contribution in [1.82, 2.24) is 9.55 Å². The van der Waals surface area contributed by atoms with Crippen LogP contribution in [-0.2, 0) is 4.74 Å². The largest absolute Gasteiger partial charge is 0.394 e. The predicted octanol–water partition coefficient (Wildman–Crippen LogP) is 0.149. The number of halogens is 1. The van der Waals surface area contributed by atoms with Crippen molar-refractivity contribution in [3.63, 3.8) is 0 Å². The Morgan fingerprint density at radius 1 is 1.68 bits per heavy atom. The van der Waals surface area contributed by atoms with E-state index in [1.165, 1.54) is 0 Å². The molecule has 1 aromatic heterocycles. The number of aliphatic hydroxyl groups excluding tert-OH is 1. The number of azide groups is 1. The SMILES string of the molecule is [N-]=[N+]=N[C@@H]1C[C@H](n2cc(Cl)c(=O)[nH]c2=O)O[C@@H]1CO. The van der Waals surface area contributed by atoms with Crippen LogP contribution in [0, 0.1) is 0 Å². The summed E-state index contributed by atoms with van der Waals surface area (Å²) in [4.78, 5) is 27.5. The van der Waals surface area contributed by atoms with E-state index in [2.05, 4.69) is 10.0 Å². The van der Waals surface area contributed by atoms with E-state index in [4.69, 9.17) is 27.0 Å². The van der Waals surface area contributed by atoms with Crippen LogP contribution in [0.25, 0.3) is 10.4 Å². The number of hydrogen-bond donors (Lipinski definition) is 2. The van der Waals surface area contributed by atoms with Crippen molar-refractivity contribution in [2.75, 3.05) is 6.61 Å². The number of nitrogens with zero attached hydrogens (tertiary/aromatic N) is 4. The highest BCUT2D eigenvalue weighted by atomic mass is 35.5. The lowest BCUT2D eigenvalue weighted by Gasteiger charge is -2.14. The molecule has 0 radical (unpaired) electrons. The van der Waals surface area contributed by atoms with Crippen molar-refractivity contribution >= 4 is 11.6 Å². The van der Waals surface area contributed by atoms with Crippen molar-refractivity contribution in [2.24, 2.45) is 5.11 Å². The molecule has 1 aliphatic rings. The molecule has 2 heterocycles. The maximum absolute atomic E-state index is 11.6. The van der Waals surface area contributed by atoms with Gasteiger partial charge in [0.25, 0.3) is 5.56 Å². The van der Waals surface area contributed by atoms with Crippen LogP contribution in [-0.4, -0.2) is 33.4 Å². The van der Waals surface area contributed by atoms with Crippen molar-refractivity contribution in [3.8, 4) is 0 Å². The molecule has 0 saturated carbocycles. The van der Waals surface area contributed by atoms with Gasteiger partial charge >= 0.3 is 5.69 Å². The Morgan fingerprint density at radius 2 is 2.42 bits per heavy atom. The van der Waals surface area contributed by atoms with Gasteiger partial charge in [0.15, 0.2) is 0 Å². The number of rotatable bonds is 3. The first-order valence-corrected chi connectivity index (χ1v) is 5.76. The summed E-state index contributed by atoms with van der Waals surface area (Å²) in [6.45, 7) is -0.341. The molecule has 0 unspecified atom stereocenters. The molecule has 1 fully saturated rings. The van der Waals surface area contributed by atoms with Gasteiger partial charge in [-0.15, -0.1) is 0 Å². The van der Waals surface area contributed by atoms with Gasteiger partial charge in [-0.1, -0.05) is 16.7 Å². The standard InChI is InChI=1S/C9H10ClN5O4/c10-4-2-15(9(18)12-8(4)17)7-1-5(13-14-11)6(3-16)19-7/h2,5-7,16H,1,3H2,(H,12,17,18)/t5-,6-,7-/m1/s1. The van der Waals surface area contributed by atoms with Crippen molar-refractivity contribution < 1.29 is 9.84 Å². The lowest BCUT2D eigenvalue weighted by atomic mass is 10.1. The highest BCUT2D eigenvalue weighted by Gasteiger charge is 2.35. The minimum atomic E-state index is -0.755. The number of aromatic nitrogens is 2. The first-order valence-electron chi connectivity index (χ1n) is 5.38.